The fourth-order valence-corrected chi connectivity index (χ4v) is 4.15. The largest absolute Gasteiger partial charge is 0.471 e. The van der Waals surface area contributed by atoms with Gasteiger partial charge in [-0.3, -0.25) is 19.7 Å². The van der Waals surface area contributed by atoms with Crippen molar-refractivity contribution in [3.05, 3.63) is 81.6 Å². The quantitative estimate of drug-likeness (QED) is 0.252. The highest BCUT2D eigenvalue weighted by Gasteiger charge is 2.43. The first-order valence-corrected chi connectivity index (χ1v) is 11.6. The van der Waals surface area contributed by atoms with E-state index in [0.717, 1.165) is 4.90 Å². The van der Waals surface area contributed by atoms with Crippen LogP contribution in [0.2, 0.25) is 5.02 Å². The molecule has 3 aromatic rings. The molecular formula is C25H20ClF3N4O5. The molecule has 1 saturated heterocycles. The van der Waals surface area contributed by atoms with E-state index in [-0.39, 0.29) is 43.4 Å². The van der Waals surface area contributed by atoms with Gasteiger partial charge in [0, 0.05) is 43.3 Å². The summed E-state index contributed by atoms with van der Waals surface area (Å²) in [4.78, 5) is 37.4. The number of nitrogens with zero attached hydrogens (tertiary/aromatic N) is 3. The fraction of sp³-hybridized carbons (Fsp3) is 0.200. The first-order chi connectivity index (χ1) is 18.0. The molecule has 0 atom stereocenters. The molecule has 9 nitrogen and oxygen atoms in total. The highest BCUT2D eigenvalue weighted by molar-refractivity contribution is 6.31. The number of para-hydroxylation sites is 1. The minimum absolute atomic E-state index is 0.118. The van der Waals surface area contributed by atoms with Crippen LogP contribution in [-0.2, 0) is 9.59 Å². The molecule has 1 N–H and O–H groups in total. The number of piperazine rings is 1. The van der Waals surface area contributed by atoms with Crippen LogP contribution in [0.3, 0.4) is 0 Å². The van der Waals surface area contributed by atoms with Crippen molar-refractivity contribution < 1.29 is 32.1 Å². The Morgan fingerprint density at radius 1 is 1.05 bits per heavy atom. The van der Waals surface area contributed by atoms with Crippen LogP contribution in [-0.4, -0.2) is 54.0 Å². The zero-order valence-electron chi connectivity index (χ0n) is 19.6. The molecule has 1 aliphatic heterocycles. The first-order valence-electron chi connectivity index (χ1n) is 11.3. The Hall–Kier alpha value is -4.32. The van der Waals surface area contributed by atoms with E-state index >= 15 is 0 Å². The molecule has 0 radical (unpaired) electrons. The average Bonchev–Trinajstić information content (AvgIpc) is 3.36. The van der Waals surface area contributed by atoms with E-state index in [1.54, 1.807) is 47.4 Å². The maximum atomic E-state index is 12.7. The Bertz CT molecular complexity index is 1400. The number of halogens is 4. The van der Waals surface area contributed by atoms with Gasteiger partial charge < -0.3 is 19.5 Å². The average molecular weight is 549 g/mol. The van der Waals surface area contributed by atoms with Gasteiger partial charge in [-0.25, -0.2) is 0 Å². The summed E-state index contributed by atoms with van der Waals surface area (Å²) in [6.45, 7) is -0.00472. The summed E-state index contributed by atoms with van der Waals surface area (Å²) in [6.07, 6.45) is -2.34. The van der Waals surface area contributed by atoms with Gasteiger partial charge in [-0.15, -0.1) is 0 Å². The second-order valence-electron chi connectivity index (χ2n) is 8.24. The number of nitrogens with one attached hydrogen (secondary N) is 1. The third kappa shape index (κ3) is 6.14. The minimum Gasteiger partial charge on any atom is -0.456 e. The van der Waals surface area contributed by atoms with Crippen molar-refractivity contribution in [1.82, 2.24) is 4.90 Å². The summed E-state index contributed by atoms with van der Waals surface area (Å²) in [5.41, 5.74) is 1.05. The van der Waals surface area contributed by atoms with Crippen LogP contribution in [0.5, 0.6) is 0 Å². The third-order valence-electron chi connectivity index (χ3n) is 5.76. The van der Waals surface area contributed by atoms with E-state index in [0.29, 0.717) is 22.0 Å². The van der Waals surface area contributed by atoms with Crippen LogP contribution in [0.15, 0.2) is 65.1 Å². The van der Waals surface area contributed by atoms with Crippen molar-refractivity contribution in [3.8, 4) is 11.3 Å². The Morgan fingerprint density at radius 2 is 1.76 bits per heavy atom. The number of furan rings is 1. The second kappa shape index (κ2) is 11.0. The lowest BCUT2D eigenvalue weighted by atomic mass is 10.1. The second-order valence-corrected chi connectivity index (χ2v) is 8.67. The Balaban J connectivity index is 1.44. The van der Waals surface area contributed by atoms with Crippen LogP contribution < -0.4 is 10.2 Å². The molecule has 0 bridgehead atoms. The number of hydrogen-bond donors (Lipinski definition) is 1. The third-order valence-corrected chi connectivity index (χ3v) is 5.99. The number of alkyl halides is 3. The number of benzene rings is 2. The molecular weight excluding hydrogens is 529 g/mol. The molecule has 1 fully saturated rings. The van der Waals surface area contributed by atoms with E-state index in [9.17, 15) is 32.9 Å². The van der Waals surface area contributed by atoms with Crippen molar-refractivity contribution in [2.75, 3.05) is 36.4 Å². The monoisotopic (exact) mass is 548 g/mol. The van der Waals surface area contributed by atoms with Crippen LogP contribution in [0, 0.1) is 10.1 Å². The van der Waals surface area contributed by atoms with E-state index < -0.39 is 22.9 Å². The zero-order chi connectivity index (χ0) is 27.4. The Kier molecular flexibility index (Phi) is 7.72. The molecule has 0 unspecified atom stereocenters. The van der Waals surface area contributed by atoms with Crippen LogP contribution in [0.25, 0.3) is 17.4 Å². The molecule has 4 rings (SSSR count). The maximum Gasteiger partial charge on any atom is 0.471 e. The molecule has 1 aromatic heterocycles. The van der Waals surface area contributed by atoms with Crippen LogP contribution in [0.1, 0.15) is 5.76 Å². The van der Waals surface area contributed by atoms with E-state index in [1.165, 1.54) is 24.3 Å². The molecule has 0 spiro atoms. The molecule has 2 heterocycles. The molecule has 38 heavy (non-hydrogen) atoms. The zero-order valence-corrected chi connectivity index (χ0v) is 20.3. The first kappa shape index (κ1) is 26.7. The number of rotatable bonds is 6. The minimum atomic E-state index is -4.93. The van der Waals surface area contributed by atoms with Crippen LogP contribution >= 0.6 is 11.6 Å². The van der Waals surface area contributed by atoms with Crippen molar-refractivity contribution in [2.24, 2.45) is 0 Å². The van der Waals surface area contributed by atoms with Gasteiger partial charge in [-0.2, -0.15) is 13.2 Å². The SMILES string of the molecule is O=C(/C=C/c1ccc(-c2ccccc2[N+](=O)[O-])o1)Nc1cc(Cl)ccc1N1CCN(C(=O)C(F)(F)F)CC1. The lowest BCUT2D eigenvalue weighted by molar-refractivity contribution is -0.384. The van der Waals surface area contributed by atoms with E-state index in [1.807, 2.05) is 0 Å². The van der Waals surface area contributed by atoms with Gasteiger partial charge in [0.05, 0.1) is 21.9 Å². The van der Waals surface area contributed by atoms with Crippen molar-refractivity contribution in [2.45, 2.75) is 6.18 Å². The van der Waals surface area contributed by atoms with Crippen molar-refractivity contribution in [3.63, 3.8) is 0 Å². The lowest BCUT2D eigenvalue weighted by Crippen LogP contribution is -2.52. The molecule has 198 valence electrons. The lowest BCUT2D eigenvalue weighted by Gasteiger charge is -2.37. The van der Waals surface area contributed by atoms with Crippen molar-refractivity contribution in [1.29, 1.82) is 0 Å². The predicted octanol–water partition coefficient (Wildman–Crippen LogP) is 5.37. The maximum absolute atomic E-state index is 12.7. The standard InChI is InChI=1S/C25H20ClF3N4O5/c26-16-5-8-21(31-11-13-32(14-12-31)24(35)25(27,28)29)19(15-16)30-23(34)10-7-17-6-9-22(38-17)18-3-1-2-4-20(18)33(36)37/h1-10,15H,11-14H2,(H,30,34)/b10-7+. The van der Waals surface area contributed by atoms with Crippen LogP contribution in [0.4, 0.5) is 30.2 Å². The summed E-state index contributed by atoms with van der Waals surface area (Å²) in [5.74, 6) is -1.87. The Labute approximate surface area is 219 Å². The van der Waals surface area contributed by atoms with Gasteiger partial charge in [0.2, 0.25) is 5.91 Å². The van der Waals surface area contributed by atoms with Gasteiger partial charge >= 0.3 is 12.1 Å². The number of carbonyl (C=O) groups is 2. The van der Waals surface area contributed by atoms with E-state index in [2.05, 4.69) is 5.32 Å². The topological polar surface area (TPSA) is 109 Å². The number of carbonyl (C=O) groups excluding carboxylic acids is 2. The number of anilines is 2. The van der Waals surface area contributed by atoms with Gasteiger partial charge in [-0.05, 0) is 42.5 Å². The number of amides is 2. The van der Waals surface area contributed by atoms with E-state index in [4.69, 9.17) is 16.0 Å². The normalized spacial score (nSPS) is 14.1. The number of hydrogen-bond acceptors (Lipinski definition) is 6. The summed E-state index contributed by atoms with van der Waals surface area (Å²) in [5, 5.41) is 14.3. The number of nitro benzene ring substituents is 1. The summed E-state index contributed by atoms with van der Waals surface area (Å²) >= 11 is 6.09. The summed E-state index contributed by atoms with van der Waals surface area (Å²) in [7, 11) is 0. The summed E-state index contributed by atoms with van der Waals surface area (Å²) in [6, 6.07) is 13.9. The van der Waals surface area contributed by atoms with Gasteiger partial charge in [0.25, 0.3) is 5.69 Å². The molecule has 1 aliphatic rings. The molecule has 2 aromatic carbocycles. The van der Waals surface area contributed by atoms with Gasteiger partial charge in [0.1, 0.15) is 11.5 Å². The van der Waals surface area contributed by atoms with Gasteiger partial charge in [0.15, 0.2) is 0 Å². The Morgan fingerprint density at radius 3 is 2.45 bits per heavy atom. The molecule has 0 saturated carbocycles. The predicted molar refractivity (Wildman–Crippen MR) is 135 cm³/mol. The number of nitro groups is 1. The molecule has 0 aliphatic carbocycles. The molecule has 2 amide bonds. The van der Waals surface area contributed by atoms with Crippen molar-refractivity contribution >= 4 is 46.6 Å². The summed E-state index contributed by atoms with van der Waals surface area (Å²) < 4.78 is 43.8. The smallest absolute Gasteiger partial charge is 0.456 e. The highest BCUT2D eigenvalue weighted by Crippen LogP contribution is 2.32. The fourth-order valence-electron chi connectivity index (χ4n) is 3.97. The highest BCUT2D eigenvalue weighted by atomic mass is 35.5. The molecule has 13 heteroatoms. The van der Waals surface area contributed by atoms with Gasteiger partial charge in [-0.1, -0.05) is 23.7 Å².